The first-order chi connectivity index (χ1) is 8.97. The van der Waals surface area contributed by atoms with Crippen molar-refractivity contribution in [1.82, 2.24) is 9.97 Å². The van der Waals surface area contributed by atoms with Gasteiger partial charge in [-0.3, -0.25) is 0 Å². The molecule has 0 fully saturated rings. The predicted octanol–water partition coefficient (Wildman–Crippen LogP) is 3.55. The topological polar surface area (TPSA) is 25.8 Å². The number of aromatic nitrogens is 2. The van der Waals surface area contributed by atoms with Crippen molar-refractivity contribution in [2.24, 2.45) is 0 Å². The number of hydrogen-bond donors (Lipinski definition) is 0. The average Bonchev–Trinajstić information content (AvgIpc) is 2.37. The van der Waals surface area contributed by atoms with E-state index in [1.54, 1.807) is 18.2 Å². The molecule has 0 aromatic carbocycles. The maximum absolute atomic E-state index is 12.5. The number of nitrogens with zero attached hydrogens (tertiary/aromatic N) is 2. The van der Waals surface area contributed by atoms with Crippen LogP contribution in [0.1, 0.15) is 16.8 Å². The van der Waals surface area contributed by atoms with Gasteiger partial charge in [0, 0.05) is 12.4 Å². The van der Waals surface area contributed by atoms with Crippen LogP contribution in [-0.4, -0.2) is 9.97 Å². The van der Waals surface area contributed by atoms with Gasteiger partial charge >= 0.3 is 6.18 Å². The Balaban J connectivity index is 2.38. The summed E-state index contributed by atoms with van der Waals surface area (Å²) in [6, 6.07) is 5.94. The van der Waals surface area contributed by atoms with Crippen LogP contribution in [0, 0.1) is 11.8 Å². The summed E-state index contributed by atoms with van der Waals surface area (Å²) < 4.78 is 37.6. The van der Waals surface area contributed by atoms with Gasteiger partial charge in [-0.2, -0.15) is 13.2 Å². The highest BCUT2D eigenvalue weighted by Gasteiger charge is 2.31. The Bertz CT molecular complexity index is 642. The van der Waals surface area contributed by atoms with Crippen molar-refractivity contribution in [2.45, 2.75) is 6.18 Å². The van der Waals surface area contributed by atoms with Crippen LogP contribution >= 0.6 is 11.6 Å². The minimum atomic E-state index is -4.47. The van der Waals surface area contributed by atoms with Gasteiger partial charge in [-0.1, -0.05) is 23.6 Å². The Labute approximate surface area is 112 Å². The van der Waals surface area contributed by atoms with Gasteiger partial charge in [-0.05, 0) is 24.1 Å². The van der Waals surface area contributed by atoms with Crippen LogP contribution in [0.15, 0.2) is 36.7 Å². The third kappa shape index (κ3) is 3.46. The van der Waals surface area contributed by atoms with Gasteiger partial charge in [0.05, 0.1) is 11.1 Å². The maximum Gasteiger partial charge on any atom is 0.417 e. The molecule has 2 heterocycles. The van der Waals surface area contributed by atoms with E-state index in [9.17, 15) is 13.2 Å². The summed E-state index contributed by atoms with van der Waals surface area (Å²) in [4.78, 5) is 7.42. The molecule has 2 aromatic heterocycles. The van der Waals surface area contributed by atoms with Crippen LogP contribution in [0.2, 0.25) is 5.15 Å². The number of pyridine rings is 2. The molecule has 0 radical (unpaired) electrons. The molecule has 0 amide bonds. The normalized spacial score (nSPS) is 10.7. The first kappa shape index (κ1) is 13.4. The van der Waals surface area contributed by atoms with Gasteiger partial charge in [0.1, 0.15) is 10.8 Å². The van der Waals surface area contributed by atoms with Crippen LogP contribution < -0.4 is 0 Å². The lowest BCUT2D eigenvalue weighted by atomic mass is 10.2. The minimum absolute atomic E-state index is 0.0159. The van der Waals surface area contributed by atoms with Gasteiger partial charge in [0.2, 0.25) is 0 Å². The van der Waals surface area contributed by atoms with Gasteiger partial charge < -0.3 is 0 Å². The zero-order valence-electron chi connectivity index (χ0n) is 9.37. The molecular weight excluding hydrogens is 277 g/mol. The summed E-state index contributed by atoms with van der Waals surface area (Å²) in [5, 5.41) is -0.0727. The Kier molecular flexibility index (Phi) is 3.72. The van der Waals surface area contributed by atoms with Crippen molar-refractivity contribution in [2.75, 3.05) is 0 Å². The first-order valence-corrected chi connectivity index (χ1v) is 5.50. The van der Waals surface area contributed by atoms with E-state index < -0.39 is 11.7 Å². The van der Waals surface area contributed by atoms with Crippen molar-refractivity contribution >= 4 is 11.6 Å². The molecule has 0 atom stereocenters. The van der Waals surface area contributed by atoms with E-state index in [1.165, 1.54) is 6.20 Å². The summed E-state index contributed by atoms with van der Waals surface area (Å²) in [6.45, 7) is 0. The third-order valence-electron chi connectivity index (χ3n) is 2.16. The molecule has 0 saturated heterocycles. The smallest absolute Gasteiger partial charge is 0.248 e. The molecule has 19 heavy (non-hydrogen) atoms. The van der Waals surface area contributed by atoms with Crippen molar-refractivity contribution in [1.29, 1.82) is 0 Å². The fraction of sp³-hybridized carbons (Fsp3) is 0.0769. The highest BCUT2D eigenvalue weighted by atomic mass is 35.5. The Morgan fingerprint density at radius 3 is 2.53 bits per heavy atom. The SMILES string of the molecule is FC(F)(F)c1cnc(Cl)c(C#Cc2ccccn2)c1. The van der Waals surface area contributed by atoms with Gasteiger partial charge in [-0.25, -0.2) is 9.97 Å². The molecule has 2 nitrogen and oxygen atoms in total. The lowest BCUT2D eigenvalue weighted by Gasteiger charge is -2.06. The van der Waals surface area contributed by atoms with E-state index in [-0.39, 0.29) is 10.7 Å². The standard InChI is InChI=1S/C13H6ClF3N2/c14-12-9(4-5-11-3-1-2-6-18-11)7-10(8-19-12)13(15,16)17/h1-3,6-8H. The molecular formula is C13H6ClF3N2. The summed E-state index contributed by atoms with van der Waals surface area (Å²) in [7, 11) is 0. The van der Waals surface area contributed by atoms with E-state index in [0.717, 1.165) is 6.07 Å². The number of hydrogen-bond acceptors (Lipinski definition) is 2. The second-order valence-corrected chi connectivity index (χ2v) is 3.88. The molecule has 2 rings (SSSR count). The fourth-order valence-corrected chi connectivity index (χ4v) is 1.41. The number of halogens is 4. The van der Waals surface area contributed by atoms with Gasteiger partial charge in [-0.15, -0.1) is 0 Å². The van der Waals surface area contributed by atoms with E-state index in [4.69, 9.17) is 11.6 Å². The molecule has 0 saturated carbocycles. The minimum Gasteiger partial charge on any atom is -0.248 e. The zero-order chi connectivity index (χ0) is 13.9. The van der Waals surface area contributed by atoms with Crippen LogP contribution in [-0.2, 0) is 6.18 Å². The van der Waals surface area contributed by atoms with Crippen LogP contribution in [0.3, 0.4) is 0 Å². The molecule has 0 bridgehead atoms. The molecule has 0 aliphatic carbocycles. The van der Waals surface area contributed by atoms with Crippen molar-refractivity contribution in [3.63, 3.8) is 0 Å². The second-order valence-electron chi connectivity index (χ2n) is 3.53. The monoisotopic (exact) mass is 282 g/mol. The van der Waals surface area contributed by atoms with Crippen molar-refractivity contribution in [3.05, 3.63) is 58.6 Å². The van der Waals surface area contributed by atoms with Crippen molar-refractivity contribution < 1.29 is 13.2 Å². The molecule has 6 heteroatoms. The maximum atomic E-state index is 12.5. The Hall–Kier alpha value is -2.06. The fourth-order valence-electron chi connectivity index (χ4n) is 1.26. The molecule has 0 aliphatic heterocycles. The largest absolute Gasteiger partial charge is 0.417 e. The molecule has 0 N–H and O–H groups in total. The zero-order valence-corrected chi connectivity index (χ0v) is 10.1. The van der Waals surface area contributed by atoms with E-state index in [2.05, 4.69) is 21.8 Å². The van der Waals surface area contributed by atoms with Gasteiger partial charge in [0.15, 0.2) is 0 Å². The Morgan fingerprint density at radius 2 is 1.89 bits per heavy atom. The number of rotatable bonds is 0. The highest BCUT2D eigenvalue weighted by molar-refractivity contribution is 6.30. The highest BCUT2D eigenvalue weighted by Crippen LogP contribution is 2.30. The van der Waals surface area contributed by atoms with Crippen LogP contribution in [0.4, 0.5) is 13.2 Å². The van der Waals surface area contributed by atoms with E-state index >= 15 is 0 Å². The lowest BCUT2D eigenvalue weighted by molar-refractivity contribution is -0.137. The second kappa shape index (κ2) is 5.29. The van der Waals surface area contributed by atoms with E-state index in [0.29, 0.717) is 11.9 Å². The number of alkyl halides is 3. The van der Waals surface area contributed by atoms with Crippen molar-refractivity contribution in [3.8, 4) is 11.8 Å². The lowest BCUT2D eigenvalue weighted by Crippen LogP contribution is -2.06. The summed E-state index contributed by atoms with van der Waals surface area (Å²) in [6.07, 6.45) is -2.26. The molecule has 0 aliphatic rings. The quantitative estimate of drug-likeness (QED) is 0.545. The predicted molar refractivity (Wildman–Crippen MR) is 64.5 cm³/mol. The molecule has 0 spiro atoms. The molecule has 96 valence electrons. The first-order valence-electron chi connectivity index (χ1n) is 5.12. The summed E-state index contributed by atoms with van der Waals surface area (Å²) in [5.41, 5.74) is -0.430. The summed E-state index contributed by atoms with van der Waals surface area (Å²) in [5.74, 6) is 5.16. The third-order valence-corrected chi connectivity index (χ3v) is 2.46. The van der Waals surface area contributed by atoms with E-state index in [1.807, 2.05) is 0 Å². The van der Waals surface area contributed by atoms with Crippen LogP contribution in [0.25, 0.3) is 0 Å². The molecule has 2 aromatic rings. The van der Waals surface area contributed by atoms with Gasteiger partial charge in [0.25, 0.3) is 0 Å². The molecule has 0 unspecified atom stereocenters. The summed E-state index contributed by atoms with van der Waals surface area (Å²) >= 11 is 5.71. The average molecular weight is 283 g/mol. The van der Waals surface area contributed by atoms with Crippen LogP contribution in [0.5, 0.6) is 0 Å². The Morgan fingerprint density at radius 1 is 1.11 bits per heavy atom.